The van der Waals surface area contributed by atoms with Crippen LogP contribution in [0.25, 0.3) is 0 Å². The van der Waals surface area contributed by atoms with Gasteiger partial charge in [0, 0.05) is 24.6 Å². The van der Waals surface area contributed by atoms with E-state index in [9.17, 15) is 8.42 Å². The van der Waals surface area contributed by atoms with Crippen LogP contribution in [0.15, 0.2) is 10.3 Å². The molecule has 1 aliphatic rings. The molecule has 1 heterocycles. The maximum absolute atomic E-state index is 12.7. The number of hydrogen-bond donors (Lipinski definition) is 2. The Kier molecular flexibility index (Phi) is 5.10. The average Bonchev–Trinajstić information content (AvgIpc) is 3.08. The van der Waals surface area contributed by atoms with Crippen molar-refractivity contribution in [1.29, 1.82) is 0 Å². The van der Waals surface area contributed by atoms with Gasteiger partial charge in [0.05, 0.1) is 12.1 Å². The van der Waals surface area contributed by atoms with E-state index < -0.39 is 15.6 Å². The second kappa shape index (κ2) is 6.34. The molecule has 0 bridgehead atoms. The minimum atomic E-state index is -3.55. The van der Waals surface area contributed by atoms with Gasteiger partial charge in [-0.05, 0) is 44.6 Å². The quantitative estimate of drug-likeness (QED) is 0.764. The molecular formula is C14H24N2O3S2. The molecule has 1 saturated carbocycles. The summed E-state index contributed by atoms with van der Waals surface area (Å²) >= 11 is 1.50. The molecule has 1 aromatic heterocycles. The zero-order valence-corrected chi connectivity index (χ0v) is 14.7. The lowest BCUT2D eigenvalue weighted by Gasteiger charge is -2.25. The second-order valence-corrected chi connectivity index (χ2v) is 8.83. The summed E-state index contributed by atoms with van der Waals surface area (Å²) in [5.41, 5.74) is 0.164. The first-order valence-electron chi connectivity index (χ1n) is 7.08. The fourth-order valence-electron chi connectivity index (χ4n) is 2.30. The van der Waals surface area contributed by atoms with E-state index in [0.29, 0.717) is 24.1 Å². The fraction of sp³-hybridized carbons (Fsp3) is 0.714. The lowest BCUT2D eigenvalue weighted by molar-refractivity contribution is 0.141. The number of nitrogens with one attached hydrogen (secondary N) is 2. The molecule has 1 aliphatic carbocycles. The number of aryl methyl sites for hydroxylation is 1. The summed E-state index contributed by atoms with van der Waals surface area (Å²) < 4.78 is 33.2. The van der Waals surface area contributed by atoms with Gasteiger partial charge in [0.1, 0.15) is 4.90 Å². The zero-order chi connectivity index (χ0) is 15.7. The maximum atomic E-state index is 12.7. The number of sulfonamides is 1. The number of rotatable bonds is 8. The summed E-state index contributed by atoms with van der Waals surface area (Å²) in [7, 11) is -1.98. The third-order valence-corrected chi connectivity index (χ3v) is 6.46. The molecule has 0 amide bonds. The van der Waals surface area contributed by atoms with E-state index in [1.54, 1.807) is 7.11 Å². The van der Waals surface area contributed by atoms with Crippen molar-refractivity contribution in [2.75, 3.05) is 13.7 Å². The summed E-state index contributed by atoms with van der Waals surface area (Å²) in [6, 6.07) is 0.556. The van der Waals surface area contributed by atoms with E-state index in [1.165, 1.54) is 24.2 Å². The largest absolute Gasteiger partial charge is 0.383 e. The predicted molar refractivity (Wildman–Crippen MR) is 85.2 cm³/mol. The highest BCUT2D eigenvalue weighted by atomic mass is 32.2. The molecule has 2 rings (SSSR count). The Bertz CT molecular complexity index is 589. The topological polar surface area (TPSA) is 67.4 Å². The molecule has 120 valence electrons. The SMILES string of the molecule is COCC(C)(C)NS(=O)(=O)c1c(C)csc1CNC1CC1. The van der Waals surface area contributed by atoms with Crippen molar-refractivity contribution >= 4 is 21.4 Å². The number of methoxy groups -OCH3 is 1. The van der Waals surface area contributed by atoms with Gasteiger partial charge in [-0.2, -0.15) is 0 Å². The number of ether oxygens (including phenoxy) is 1. The van der Waals surface area contributed by atoms with Gasteiger partial charge in [0.2, 0.25) is 10.0 Å². The third kappa shape index (κ3) is 4.50. The minimum absolute atomic E-state index is 0.324. The highest BCUT2D eigenvalue weighted by Gasteiger charge is 2.30. The molecule has 0 radical (unpaired) electrons. The molecule has 1 aromatic rings. The van der Waals surface area contributed by atoms with E-state index >= 15 is 0 Å². The van der Waals surface area contributed by atoms with Crippen LogP contribution in [0.5, 0.6) is 0 Å². The summed E-state index contributed by atoms with van der Waals surface area (Å²) in [6.45, 7) is 6.42. The van der Waals surface area contributed by atoms with Gasteiger partial charge < -0.3 is 10.1 Å². The Hall–Kier alpha value is -0.470. The van der Waals surface area contributed by atoms with Crippen LogP contribution in [0, 0.1) is 6.92 Å². The molecule has 0 aromatic carbocycles. The number of hydrogen-bond acceptors (Lipinski definition) is 5. The van der Waals surface area contributed by atoms with Crippen LogP contribution in [0.2, 0.25) is 0 Å². The van der Waals surface area contributed by atoms with Crippen LogP contribution in [0.4, 0.5) is 0 Å². The highest BCUT2D eigenvalue weighted by molar-refractivity contribution is 7.89. The summed E-state index contributed by atoms with van der Waals surface area (Å²) in [5.74, 6) is 0. The standard InChI is InChI=1S/C14H24N2O3S2/c1-10-8-20-12(7-15-11-5-6-11)13(10)21(17,18)16-14(2,3)9-19-4/h8,11,15-16H,5-7,9H2,1-4H3. The van der Waals surface area contributed by atoms with Crippen LogP contribution in [-0.2, 0) is 21.3 Å². The molecule has 0 saturated heterocycles. The van der Waals surface area contributed by atoms with Gasteiger partial charge >= 0.3 is 0 Å². The van der Waals surface area contributed by atoms with Crippen molar-refractivity contribution in [3.63, 3.8) is 0 Å². The lowest BCUT2D eigenvalue weighted by atomic mass is 10.1. The van der Waals surface area contributed by atoms with Gasteiger partial charge in [0.15, 0.2) is 0 Å². The second-order valence-electron chi connectivity index (χ2n) is 6.25. The first-order chi connectivity index (χ1) is 9.75. The molecule has 0 aliphatic heterocycles. The summed E-state index contributed by atoms with van der Waals surface area (Å²) in [4.78, 5) is 1.30. The molecule has 21 heavy (non-hydrogen) atoms. The van der Waals surface area contributed by atoms with E-state index in [4.69, 9.17) is 4.74 Å². The van der Waals surface area contributed by atoms with E-state index in [0.717, 1.165) is 10.4 Å². The Morgan fingerprint density at radius 1 is 1.43 bits per heavy atom. The molecule has 0 unspecified atom stereocenters. The lowest BCUT2D eigenvalue weighted by Crippen LogP contribution is -2.46. The first-order valence-corrected chi connectivity index (χ1v) is 9.45. The molecule has 7 heteroatoms. The molecule has 0 spiro atoms. The normalized spacial score (nSPS) is 16.4. The van der Waals surface area contributed by atoms with Gasteiger partial charge in [-0.3, -0.25) is 0 Å². The van der Waals surface area contributed by atoms with Crippen molar-refractivity contribution < 1.29 is 13.2 Å². The van der Waals surface area contributed by atoms with Crippen molar-refractivity contribution in [3.8, 4) is 0 Å². The smallest absolute Gasteiger partial charge is 0.242 e. The molecule has 1 fully saturated rings. The number of thiophene rings is 1. The molecule has 0 atom stereocenters. The maximum Gasteiger partial charge on any atom is 0.242 e. The molecule has 2 N–H and O–H groups in total. The van der Waals surface area contributed by atoms with Crippen LogP contribution in [0.1, 0.15) is 37.1 Å². The van der Waals surface area contributed by atoms with E-state index in [1.807, 2.05) is 26.2 Å². The van der Waals surface area contributed by atoms with Gasteiger partial charge in [-0.1, -0.05) is 0 Å². The first kappa shape index (κ1) is 16.9. The fourth-order valence-corrected chi connectivity index (χ4v) is 5.46. The van der Waals surface area contributed by atoms with Crippen LogP contribution in [-0.4, -0.2) is 33.7 Å². The Balaban J connectivity index is 2.19. The Morgan fingerprint density at radius 2 is 2.10 bits per heavy atom. The summed E-state index contributed by atoms with van der Waals surface area (Å²) in [6.07, 6.45) is 2.37. The zero-order valence-electron chi connectivity index (χ0n) is 13.0. The van der Waals surface area contributed by atoms with Crippen LogP contribution < -0.4 is 10.0 Å². The Morgan fingerprint density at radius 3 is 2.67 bits per heavy atom. The Labute approximate surface area is 131 Å². The van der Waals surface area contributed by atoms with Crippen LogP contribution in [0.3, 0.4) is 0 Å². The van der Waals surface area contributed by atoms with Crippen molar-refractivity contribution in [1.82, 2.24) is 10.0 Å². The highest BCUT2D eigenvalue weighted by Crippen LogP contribution is 2.29. The van der Waals surface area contributed by atoms with Crippen molar-refractivity contribution in [2.24, 2.45) is 0 Å². The van der Waals surface area contributed by atoms with Crippen molar-refractivity contribution in [3.05, 3.63) is 15.8 Å². The third-order valence-electron chi connectivity index (χ3n) is 3.30. The molecule has 5 nitrogen and oxygen atoms in total. The van der Waals surface area contributed by atoms with E-state index in [-0.39, 0.29) is 0 Å². The van der Waals surface area contributed by atoms with E-state index in [2.05, 4.69) is 10.0 Å². The predicted octanol–water partition coefficient (Wildman–Crippen LogP) is 2.01. The van der Waals surface area contributed by atoms with Gasteiger partial charge in [-0.25, -0.2) is 13.1 Å². The van der Waals surface area contributed by atoms with Crippen molar-refractivity contribution in [2.45, 2.75) is 56.6 Å². The van der Waals surface area contributed by atoms with Crippen LogP contribution >= 0.6 is 11.3 Å². The molecular weight excluding hydrogens is 308 g/mol. The average molecular weight is 332 g/mol. The minimum Gasteiger partial charge on any atom is -0.383 e. The van der Waals surface area contributed by atoms with Gasteiger partial charge in [-0.15, -0.1) is 11.3 Å². The summed E-state index contributed by atoms with van der Waals surface area (Å²) in [5, 5.41) is 5.28. The van der Waals surface area contributed by atoms with Gasteiger partial charge in [0.25, 0.3) is 0 Å². The monoisotopic (exact) mass is 332 g/mol.